The number of hydrogen-bond donors (Lipinski definition) is 1. The molecule has 0 spiro atoms. The Morgan fingerprint density at radius 2 is 1.89 bits per heavy atom. The van der Waals surface area contributed by atoms with Gasteiger partial charge in [-0.1, -0.05) is 12.1 Å². The molecular formula is C12H11F2NO4. The Kier molecular flexibility index (Phi) is 4.68. The minimum Gasteiger partial charge on any atom is -0.465 e. The van der Waals surface area contributed by atoms with Crippen LogP contribution in [0.15, 0.2) is 24.3 Å². The molecule has 0 heterocycles. The number of carbonyl (C=O) groups excluding carboxylic acids is 3. The highest BCUT2D eigenvalue weighted by molar-refractivity contribution is 5.95. The molecule has 1 rings (SSSR count). The van der Waals surface area contributed by atoms with Gasteiger partial charge in [0.2, 0.25) is 0 Å². The molecule has 0 atom stereocenters. The van der Waals surface area contributed by atoms with Gasteiger partial charge < -0.3 is 10.1 Å². The lowest BCUT2D eigenvalue weighted by molar-refractivity contribution is -0.167. The summed E-state index contributed by atoms with van der Waals surface area (Å²) in [7, 11) is 0.830. The molecule has 1 N–H and O–H groups in total. The second-order valence-electron chi connectivity index (χ2n) is 3.62. The number of alkyl halides is 2. The number of halogens is 2. The minimum atomic E-state index is -3.78. The van der Waals surface area contributed by atoms with E-state index < -0.39 is 24.3 Å². The third-order valence-electron chi connectivity index (χ3n) is 2.26. The van der Waals surface area contributed by atoms with Crippen LogP contribution in [0.5, 0.6) is 0 Å². The Labute approximate surface area is 107 Å². The van der Waals surface area contributed by atoms with Gasteiger partial charge in [-0.2, -0.15) is 8.78 Å². The van der Waals surface area contributed by atoms with Crippen LogP contribution in [0.1, 0.15) is 20.7 Å². The van der Waals surface area contributed by atoms with Crippen LogP contribution in [0.4, 0.5) is 8.78 Å². The standard InChI is InChI=1S/C12H11F2NO4/c1-19-11(18)12(13,14)7-15-10(17)9-4-2-8(6-16)3-5-9/h2-6H,7H2,1H3,(H,15,17). The second kappa shape index (κ2) is 6.03. The predicted octanol–water partition coefficient (Wildman–Crippen LogP) is 1.04. The first-order valence-corrected chi connectivity index (χ1v) is 5.20. The van der Waals surface area contributed by atoms with E-state index >= 15 is 0 Å². The maximum absolute atomic E-state index is 13.1. The molecule has 0 saturated heterocycles. The van der Waals surface area contributed by atoms with Crippen molar-refractivity contribution in [3.63, 3.8) is 0 Å². The van der Waals surface area contributed by atoms with Crippen LogP contribution in [0.3, 0.4) is 0 Å². The van der Waals surface area contributed by atoms with Gasteiger partial charge in [0.25, 0.3) is 5.91 Å². The molecule has 19 heavy (non-hydrogen) atoms. The van der Waals surface area contributed by atoms with Gasteiger partial charge in [0, 0.05) is 11.1 Å². The molecule has 1 aromatic rings. The fraction of sp³-hybridized carbons (Fsp3) is 0.250. The normalized spacial score (nSPS) is 10.7. The van der Waals surface area contributed by atoms with Gasteiger partial charge in [-0.05, 0) is 12.1 Å². The van der Waals surface area contributed by atoms with Crippen LogP contribution in [0.25, 0.3) is 0 Å². The molecule has 102 valence electrons. The predicted molar refractivity (Wildman–Crippen MR) is 61.1 cm³/mol. The van der Waals surface area contributed by atoms with E-state index in [0.717, 1.165) is 7.11 Å². The first-order chi connectivity index (χ1) is 8.90. The lowest BCUT2D eigenvalue weighted by Gasteiger charge is -2.14. The highest BCUT2D eigenvalue weighted by Crippen LogP contribution is 2.14. The van der Waals surface area contributed by atoms with Crippen LogP contribution in [0, 0.1) is 0 Å². The number of esters is 1. The lowest BCUT2D eigenvalue weighted by Crippen LogP contribution is -2.42. The summed E-state index contributed by atoms with van der Waals surface area (Å²) in [6, 6.07) is 5.38. The van der Waals surface area contributed by atoms with E-state index in [2.05, 4.69) is 4.74 Å². The summed E-state index contributed by atoms with van der Waals surface area (Å²) >= 11 is 0. The Bertz CT molecular complexity index is 485. The molecule has 0 bridgehead atoms. The Morgan fingerprint density at radius 1 is 1.32 bits per heavy atom. The van der Waals surface area contributed by atoms with Gasteiger partial charge in [-0.15, -0.1) is 0 Å². The molecular weight excluding hydrogens is 260 g/mol. The average molecular weight is 271 g/mol. The average Bonchev–Trinajstić information content (AvgIpc) is 2.43. The number of rotatable bonds is 5. The van der Waals surface area contributed by atoms with Crippen molar-refractivity contribution < 1.29 is 27.9 Å². The maximum atomic E-state index is 13.1. The fourth-order valence-corrected chi connectivity index (χ4v) is 1.23. The summed E-state index contributed by atoms with van der Waals surface area (Å²) in [4.78, 5) is 32.6. The number of benzene rings is 1. The molecule has 1 aromatic carbocycles. The number of carbonyl (C=O) groups is 3. The molecule has 0 fully saturated rings. The highest BCUT2D eigenvalue weighted by Gasteiger charge is 2.40. The Balaban J connectivity index is 2.64. The summed E-state index contributed by atoms with van der Waals surface area (Å²) in [6.07, 6.45) is 0.590. The zero-order chi connectivity index (χ0) is 14.5. The van der Waals surface area contributed by atoms with E-state index in [9.17, 15) is 23.2 Å². The van der Waals surface area contributed by atoms with Crippen LogP contribution in [-0.4, -0.2) is 37.7 Å². The van der Waals surface area contributed by atoms with Gasteiger partial charge in [-0.25, -0.2) is 4.79 Å². The monoisotopic (exact) mass is 271 g/mol. The third-order valence-corrected chi connectivity index (χ3v) is 2.26. The molecule has 0 aromatic heterocycles. The summed E-state index contributed by atoms with van der Waals surface area (Å²) in [6.45, 7) is -1.16. The van der Waals surface area contributed by atoms with Crippen molar-refractivity contribution in [3.05, 3.63) is 35.4 Å². The quantitative estimate of drug-likeness (QED) is 0.641. The Morgan fingerprint density at radius 3 is 2.37 bits per heavy atom. The maximum Gasteiger partial charge on any atom is 0.378 e. The topological polar surface area (TPSA) is 72.5 Å². The summed E-state index contributed by atoms with van der Waals surface area (Å²) in [5, 5.41) is 1.91. The van der Waals surface area contributed by atoms with Gasteiger partial charge >= 0.3 is 11.9 Å². The van der Waals surface area contributed by atoms with Gasteiger partial charge in [0.05, 0.1) is 13.7 Å². The van der Waals surface area contributed by atoms with Crippen molar-refractivity contribution in [3.8, 4) is 0 Å². The molecule has 0 unspecified atom stereocenters. The zero-order valence-electron chi connectivity index (χ0n) is 9.98. The number of aldehydes is 1. The van der Waals surface area contributed by atoms with Crippen LogP contribution in [-0.2, 0) is 9.53 Å². The molecule has 0 aliphatic rings. The van der Waals surface area contributed by atoms with E-state index in [1.807, 2.05) is 5.32 Å². The van der Waals surface area contributed by atoms with Gasteiger partial charge in [-0.3, -0.25) is 9.59 Å². The first kappa shape index (κ1) is 14.7. The Hall–Kier alpha value is -2.31. The molecule has 7 heteroatoms. The van der Waals surface area contributed by atoms with E-state index in [1.54, 1.807) is 0 Å². The van der Waals surface area contributed by atoms with Crippen molar-refractivity contribution in [2.24, 2.45) is 0 Å². The summed E-state index contributed by atoms with van der Waals surface area (Å²) < 4.78 is 30.1. The largest absolute Gasteiger partial charge is 0.465 e. The smallest absolute Gasteiger partial charge is 0.378 e. The molecule has 0 saturated carbocycles. The summed E-state index contributed by atoms with van der Waals surface area (Å²) in [5.41, 5.74) is 0.461. The summed E-state index contributed by atoms with van der Waals surface area (Å²) in [5.74, 6) is -6.28. The molecule has 0 aliphatic carbocycles. The van der Waals surface area contributed by atoms with E-state index in [1.165, 1.54) is 24.3 Å². The zero-order valence-corrected chi connectivity index (χ0v) is 9.98. The molecule has 1 amide bonds. The van der Waals surface area contributed by atoms with Crippen molar-refractivity contribution >= 4 is 18.2 Å². The van der Waals surface area contributed by atoms with Crippen molar-refractivity contribution in [2.45, 2.75) is 5.92 Å². The molecule has 0 aliphatic heterocycles. The van der Waals surface area contributed by atoms with Crippen LogP contribution in [0.2, 0.25) is 0 Å². The van der Waals surface area contributed by atoms with Crippen LogP contribution < -0.4 is 5.32 Å². The van der Waals surface area contributed by atoms with Gasteiger partial charge in [0.15, 0.2) is 0 Å². The number of nitrogens with one attached hydrogen (secondary N) is 1. The number of ether oxygens (including phenoxy) is 1. The van der Waals surface area contributed by atoms with Crippen molar-refractivity contribution in [1.29, 1.82) is 0 Å². The molecule has 5 nitrogen and oxygen atoms in total. The minimum absolute atomic E-state index is 0.103. The van der Waals surface area contributed by atoms with Crippen LogP contribution >= 0.6 is 0 Å². The fourth-order valence-electron chi connectivity index (χ4n) is 1.23. The number of amides is 1. The highest BCUT2D eigenvalue weighted by atomic mass is 19.3. The lowest BCUT2D eigenvalue weighted by atomic mass is 10.1. The third kappa shape index (κ3) is 3.84. The van der Waals surface area contributed by atoms with Crippen molar-refractivity contribution in [2.75, 3.05) is 13.7 Å². The van der Waals surface area contributed by atoms with Crippen molar-refractivity contribution in [1.82, 2.24) is 5.32 Å². The number of methoxy groups -OCH3 is 1. The van der Waals surface area contributed by atoms with Gasteiger partial charge in [0.1, 0.15) is 6.29 Å². The van der Waals surface area contributed by atoms with E-state index in [-0.39, 0.29) is 5.56 Å². The first-order valence-electron chi connectivity index (χ1n) is 5.20. The second-order valence-corrected chi connectivity index (χ2v) is 3.62. The van der Waals surface area contributed by atoms with E-state index in [4.69, 9.17) is 0 Å². The molecule has 0 radical (unpaired) electrons. The number of hydrogen-bond acceptors (Lipinski definition) is 4. The van der Waals surface area contributed by atoms with E-state index in [0.29, 0.717) is 11.8 Å². The SMILES string of the molecule is COC(=O)C(F)(F)CNC(=O)c1ccc(C=O)cc1.